The Morgan fingerprint density at radius 3 is 3.14 bits per heavy atom. The fourth-order valence-corrected chi connectivity index (χ4v) is 2.55. The number of carbonyl (C=O) groups is 1. The summed E-state index contributed by atoms with van der Waals surface area (Å²) in [6, 6.07) is 1.58. The maximum absolute atomic E-state index is 12.2. The Morgan fingerprint density at radius 1 is 1.48 bits per heavy atom. The first-order valence-corrected chi connectivity index (χ1v) is 7.14. The van der Waals surface area contributed by atoms with E-state index in [1.807, 2.05) is 0 Å². The molecule has 0 bridgehead atoms. The number of rotatable bonds is 5. The molecule has 7 nitrogen and oxygen atoms in total. The van der Waals surface area contributed by atoms with Gasteiger partial charge in [-0.05, 0) is 18.8 Å². The smallest absolute Gasteiger partial charge is 0.293 e. The van der Waals surface area contributed by atoms with E-state index in [-0.39, 0.29) is 11.7 Å². The van der Waals surface area contributed by atoms with Crippen LogP contribution < -0.4 is 0 Å². The van der Waals surface area contributed by atoms with Gasteiger partial charge in [-0.1, -0.05) is 5.16 Å². The molecule has 0 radical (unpaired) electrons. The topological polar surface area (TPSA) is 84.3 Å². The largest absolute Gasteiger partial charge is 0.375 e. The Morgan fingerprint density at radius 2 is 2.38 bits per heavy atom. The van der Waals surface area contributed by atoms with Crippen molar-refractivity contribution in [1.82, 2.24) is 20.3 Å². The van der Waals surface area contributed by atoms with E-state index < -0.39 is 0 Å². The third-order valence-electron chi connectivity index (χ3n) is 3.96. The van der Waals surface area contributed by atoms with E-state index in [2.05, 4.69) is 15.4 Å². The van der Waals surface area contributed by atoms with Crippen LogP contribution in [0.1, 0.15) is 40.3 Å². The molecule has 1 fully saturated rings. The summed E-state index contributed by atoms with van der Waals surface area (Å²) in [5.74, 6) is 0.850. The lowest BCUT2D eigenvalue weighted by molar-refractivity contribution is 0.0704. The molecule has 0 aromatic carbocycles. The Balaban J connectivity index is 1.41. The van der Waals surface area contributed by atoms with Crippen LogP contribution in [-0.4, -0.2) is 32.8 Å². The molecule has 2 aliphatic rings. The summed E-state index contributed by atoms with van der Waals surface area (Å²) >= 11 is 0. The van der Waals surface area contributed by atoms with Crippen LogP contribution in [0.2, 0.25) is 0 Å². The van der Waals surface area contributed by atoms with Crippen molar-refractivity contribution in [3.05, 3.63) is 35.0 Å². The minimum absolute atomic E-state index is 0.151. The van der Waals surface area contributed by atoms with Crippen LogP contribution >= 0.6 is 0 Å². The third kappa shape index (κ3) is 2.44. The van der Waals surface area contributed by atoms with Gasteiger partial charge >= 0.3 is 0 Å². The second-order valence-electron chi connectivity index (χ2n) is 5.62. The average molecular weight is 288 g/mol. The molecule has 1 amide bonds. The van der Waals surface area contributed by atoms with Crippen molar-refractivity contribution in [3.63, 3.8) is 0 Å². The summed E-state index contributed by atoms with van der Waals surface area (Å²) in [6.45, 7) is 2.37. The van der Waals surface area contributed by atoms with Crippen molar-refractivity contribution < 1.29 is 14.1 Å². The van der Waals surface area contributed by atoms with Crippen LogP contribution in [0.5, 0.6) is 0 Å². The number of fused-ring (bicyclic) bond motifs is 1. The van der Waals surface area contributed by atoms with Gasteiger partial charge in [0.15, 0.2) is 0 Å². The fraction of sp³-hybridized carbons (Fsp3) is 0.500. The molecular formula is C14H16N4O3. The maximum atomic E-state index is 12.2. The van der Waals surface area contributed by atoms with Crippen molar-refractivity contribution in [2.45, 2.75) is 32.5 Å². The van der Waals surface area contributed by atoms with Gasteiger partial charge in [-0.25, -0.2) is 0 Å². The molecule has 1 saturated carbocycles. The maximum Gasteiger partial charge on any atom is 0.293 e. The Hall–Kier alpha value is -2.15. The Kier molecular flexibility index (Phi) is 2.99. The summed E-state index contributed by atoms with van der Waals surface area (Å²) in [4.78, 5) is 13.9. The molecular weight excluding hydrogens is 272 g/mol. The third-order valence-corrected chi connectivity index (χ3v) is 3.96. The highest BCUT2D eigenvalue weighted by atomic mass is 16.5. The van der Waals surface area contributed by atoms with Crippen molar-refractivity contribution in [1.29, 1.82) is 0 Å². The summed E-state index contributed by atoms with van der Waals surface area (Å²) < 4.78 is 10.6. The van der Waals surface area contributed by atoms with Crippen LogP contribution in [0, 0.1) is 5.92 Å². The molecule has 2 aromatic rings. The van der Waals surface area contributed by atoms with Crippen molar-refractivity contribution >= 4 is 5.91 Å². The second kappa shape index (κ2) is 5.00. The van der Waals surface area contributed by atoms with Crippen molar-refractivity contribution in [3.8, 4) is 0 Å². The average Bonchev–Trinajstić information content (AvgIpc) is 2.94. The van der Waals surface area contributed by atoms with Crippen LogP contribution in [0.3, 0.4) is 0 Å². The normalized spacial score (nSPS) is 17.2. The summed E-state index contributed by atoms with van der Waals surface area (Å²) in [6.07, 6.45) is 4.03. The van der Waals surface area contributed by atoms with E-state index in [1.165, 1.54) is 19.0 Å². The molecule has 110 valence electrons. The highest BCUT2D eigenvalue weighted by Gasteiger charge is 2.30. The number of ether oxygens (including phenoxy) is 1. The quantitative estimate of drug-likeness (QED) is 0.900. The fourth-order valence-electron chi connectivity index (χ4n) is 2.55. The monoisotopic (exact) mass is 288 g/mol. The Bertz CT molecular complexity index is 645. The van der Waals surface area contributed by atoms with Gasteiger partial charge in [-0.15, -0.1) is 0 Å². The number of aromatic amines is 1. The summed E-state index contributed by atoms with van der Waals surface area (Å²) in [7, 11) is 0. The van der Waals surface area contributed by atoms with Crippen LogP contribution in [0.25, 0.3) is 0 Å². The number of amides is 1. The molecule has 3 heterocycles. The van der Waals surface area contributed by atoms with E-state index in [9.17, 15) is 4.79 Å². The van der Waals surface area contributed by atoms with E-state index in [1.54, 1.807) is 11.0 Å². The lowest BCUT2D eigenvalue weighted by Gasteiger charge is -2.13. The molecule has 0 unspecified atom stereocenters. The predicted octanol–water partition coefficient (Wildman–Crippen LogP) is 1.48. The van der Waals surface area contributed by atoms with E-state index in [0.717, 1.165) is 29.5 Å². The number of nitrogens with one attached hydrogen (secondary N) is 1. The zero-order valence-corrected chi connectivity index (χ0v) is 11.5. The first kappa shape index (κ1) is 12.6. The molecule has 7 heteroatoms. The summed E-state index contributed by atoms with van der Waals surface area (Å²) in [5, 5.41) is 10.9. The molecule has 1 N–H and O–H groups in total. The van der Waals surface area contributed by atoms with Crippen LogP contribution in [-0.2, 0) is 24.4 Å². The molecule has 1 aliphatic carbocycles. The van der Waals surface area contributed by atoms with E-state index >= 15 is 0 Å². The van der Waals surface area contributed by atoms with Crippen LogP contribution in [0.15, 0.2) is 16.8 Å². The van der Waals surface area contributed by atoms with Gasteiger partial charge < -0.3 is 14.2 Å². The van der Waals surface area contributed by atoms with Crippen LogP contribution in [0.4, 0.5) is 0 Å². The van der Waals surface area contributed by atoms with Gasteiger partial charge in [0.2, 0.25) is 5.76 Å². The molecule has 0 atom stereocenters. The first-order valence-electron chi connectivity index (χ1n) is 7.14. The highest BCUT2D eigenvalue weighted by molar-refractivity contribution is 5.91. The number of hydrogen-bond donors (Lipinski definition) is 1. The zero-order chi connectivity index (χ0) is 14.2. The first-order chi connectivity index (χ1) is 10.3. The lowest BCUT2D eigenvalue weighted by Crippen LogP contribution is -2.25. The number of H-pyrrole nitrogens is 1. The van der Waals surface area contributed by atoms with Gasteiger partial charge in [-0.2, -0.15) is 5.10 Å². The predicted molar refractivity (Wildman–Crippen MR) is 71.0 cm³/mol. The number of nitrogens with zero attached hydrogens (tertiary/aromatic N) is 3. The molecule has 0 saturated heterocycles. The minimum Gasteiger partial charge on any atom is -0.375 e. The molecule has 0 spiro atoms. The van der Waals surface area contributed by atoms with E-state index in [0.29, 0.717) is 19.7 Å². The van der Waals surface area contributed by atoms with Gasteiger partial charge in [0.1, 0.15) is 0 Å². The van der Waals surface area contributed by atoms with Crippen molar-refractivity contribution in [2.75, 3.05) is 6.61 Å². The van der Waals surface area contributed by atoms with E-state index in [4.69, 9.17) is 9.26 Å². The second-order valence-corrected chi connectivity index (χ2v) is 5.62. The van der Waals surface area contributed by atoms with Gasteiger partial charge in [-0.3, -0.25) is 9.89 Å². The number of aromatic nitrogens is 3. The molecule has 4 rings (SSSR count). The molecule has 1 aliphatic heterocycles. The molecule has 21 heavy (non-hydrogen) atoms. The summed E-state index contributed by atoms with van der Waals surface area (Å²) in [5.41, 5.74) is 2.95. The number of carbonyl (C=O) groups excluding carboxylic acids is 1. The van der Waals surface area contributed by atoms with Gasteiger partial charge in [0.05, 0.1) is 37.3 Å². The SMILES string of the molecule is O=C(c1ccno1)N1Cc2[nH]nc(COCC3CC3)c2C1. The lowest BCUT2D eigenvalue weighted by atomic mass is 10.2. The standard InChI is InChI=1S/C14H16N4O3/c19-14(13-3-4-15-21-13)18-5-10-11(6-18)16-17-12(10)8-20-7-9-1-2-9/h3-4,9H,1-2,5-8H2,(H,16,17). The Labute approximate surface area is 121 Å². The minimum atomic E-state index is -0.151. The highest BCUT2D eigenvalue weighted by Crippen LogP contribution is 2.30. The zero-order valence-electron chi connectivity index (χ0n) is 11.5. The number of hydrogen-bond acceptors (Lipinski definition) is 5. The van der Waals surface area contributed by atoms with Gasteiger partial charge in [0, 0.05) is 18.2 Å². The molecule has 2 aromatic heterocycles. The van der Waals surface area contributed by atoms with Gasteiger partial charge in [0.25, 0.3) is 5.91 Å². The van der Waals surface area contributed by atoms with Crippen molar-refractivity contribution in [2.24, 2.45) is 5.92 Å².